The van der Waals surface area contributed by atoms with Crippen LogP contribution in [0.4, 0.5) is 0 Å². The number of aromatic nitrogens is 2. The fraction of sp³-hybridized carbons (Fsp3) is 0.158. The Morgan fingerprint density at radius 1 is 0.450 bits per heavy atom. The molecule has 0 spiro atoms. The maximum atomic E-state index is 5.08. The molecule has 0 saturated carbocycles. The Hall–Kier alpha value is -4.56. The van der Waals surface area contributed by atoms with Gasteiger partial charge >= 0.3 is 0 Å². The highest BCUT2D eigenvalue weighted by molar-refractivity contribution is 5.96. The van der Waals surface area contributed by atoms with Crippen molar-refractivity contribution in [3.8, 4) is 44.9 Å². The van der Waals surface area contributed by atoms with E-state index in [0.29, 0.717) is 0 Å². The monoisotopic (exact) mass is 516 g/mol. The molecular formula is C38H32N2. The number of fused-ring (bicyclic) bond motifs is 4. The van der Waals surface area contributed by atoms with Crippen LogP contribution in [0.1, 0.15) is 38.8 Å². The van der Waals surface area contributed by atoms with Crippen molar-refractivity contribution < 1.29 is 0 Å². The Kier molecular flexibility index (Phi) is 5.50. The van der Waals surface area contributed by atoms with Gasteiger partial charge in [-0.2, -0.15) is 0 Å². The van der Waals surface area contributed by atoms with Gasteiger partial charge in [0.15, 0.2) is 5.82 Å². The zero-order chi connectivity index (χ0) is 27.5. The molecule has 5 aromatic carbocycles. The van der Waals surface area contributed by atoms with E-state index < -0.39 is 0 Å². The van der Waals surface area contributed by atoms with Crippen LogP contribution in [0.25, 0.3) is 55.8 Å². The van der Waals surface area contributed by atoms with Gasteiger partial charge in [0.1, 0.15) is 0 Å². The summed E-state index contributed by atoms with van der Waals surface area (Å²) in [5, 5.41) is 1.06. The van der Waals surface area contributed by atoms with Crippen molar-refractivity contribution in [1.82, 2.24) is 9.97 Å². The molecule has 194 valence electrons. The lowest BCUT2D eigenvalue weighted by Crippen LogP contribution is -2.43. The van der Waals surface area contributed by atoms with Crippen LogP contribution in [-0.2, 0) is 10.8 Å². The van der Waals surface area contributed by atoms with E-state index in [1.54, 1.807) is 0 Å². The Balaban J connectivity index is 1.42. The highest BCUT2D eigenvalue weighted by Crippen LogP contribution is 2.54. The summed E-state index contributed by atoms with van der Waals surface area (Å²) in [6.45, 7) is 9.53. The van der Waals surface area contributed by atoms with Gasteiger partial charge in [-0.25, -0.2) is 9.97 Å². The summed E-state index contributed by atoms with van der Waals surface area (Å²) in [5.74, 6) is 0.744. The lowest BCUT2D eigenvalue weighted by atomic mass is 9.55. The predicted octanol–water partition coefficient (Wildman–Crippen LogP) is 9.87. The first-order chi connectivity index (χ1) is 19.3. The van der Waals surface area contributed by atoms with Crippen LogP contribution in [0, 0.1) is 0 Å². The van der Waals surface area contributed by atoms with Crippen molar-refractivity contribution in [2.45, 2.75) is 38.5 Å². The molecule has 7 rings (SSSR count). The first kappa shape index (κ1) is 24.5. The molecule has 0 unspecified atom stereocenters. The molecule has 0 bridgehead atoms. The minimum Gasteiger partial charge on any atom is -0.228 e. The highest BCUT2D eigenvalue weighted by Gasteiger charge is 2.45. The van der Waals surface area contributed by atoms with Gasteiger partial charge in [-0.1, -0.05) is 131 Å². The van der Waals surface area contributed by atoms with E-state index in [0.717, 1.165) is 33.5 Å². The largest absolute Gasteiger partial charge is 0.228 e. The first-order valence-corrected chi connectivity index (χ1v) is 14.0. The number of hydrogen-bond acceptors (Lipinski definition) is 2. The van der Waals surface area contributed by atoms with Crippen LogP contribution < -0.4 is 0 Å². The van der Waals surface area contributed by atoms with Gasteiger partial charge in [0.25, 0.3) is 0 Å². The van der Waals surface area contributed by atoms with E-state index in [9.17, 15) is 0 Å². The summed E-state index contributed by atoms with van der Waals surface area (Å²) in [6, 6.07) is 43.2. The minimum absolute atomic E-state index is 0.000989. The van der Waals surface area contributed by atoms with E-state index in [1.165, 1.54) is 33.4 Å². The third-order valence-corrected chi connectivity index (χ3v) is 9.26. The molecule has 1 aliphatic carbocycles. The normalized spacial score (nSPS) is 14.9. The van der Waals surface area contributed by atoms with E-state index in [2.05, 4.69) is 125 Å². The molecule has 2 nitrogen and oxygen atoms in total. The van der Waals surface area contributed by atoms with Gasteiger partial charge in [0, 0.05) is 16.5 Å². The van der Waals surface area contributed by atoms with Gasteiger partial charge in [-0.3, -0.25) is 0 Å². The van der Waals surface area contributed by atoms with E-state index in [4.69, 9.17) is 9.97 Å². The van der Waals surface area contributed by atoms with Crippen LogP contribution in [0.3, 0.4) is 0 Å². The molecule has 1 aliphatic rings. The summed E-state index contributed by atoms with van der Waals surface area (Å²) in [7, 11) is 0. The first-order valence-electron chi connectivity index (χ1n) is 14.0. The Labute approximate surface area is 236 Å². The van der Waals surface area contributed by atoms with Crippen molar-refractivity contribution in [3.63, 3.8) is 0 Å². The maximum Gasteiger partial charge on any atom is 0.160 e. The van der Waals surface area contributed by atoms with Gasteiger partial charge < -0.3 is 0 Å². The van der Waals surface area contributed by atoms with Crippen LogP contribution in [0.15, 0.2) is 121 Å². The van der Waals surface area contributed by atoms with Gasteiger partial charge in [-0.05, 0) is 62.4 Å². The van der Waals surface area contributed by atoms with Crippen LogP contribution >= 0.6 is 0 Å². The maximum absolute atomic E-state index is 5.08. The molecule has 40 heavy (non-hydrogen) atoms. The molecule has 0 amide bonds. The molecule has 1 aromatic heterocycles. The number of rotatable bonds is 3. The van der Waals surface area contributed by atoms with Crippen molar-refractivity contribution >= 4 is 10.9 Å². The standard InChI is InChI=1S/C38H32N2/c1-37(2)32-18-12-11-17-29(32)30-21-19-27(23-33(30)38(37,3)4)28-20-22-31-34(24-28)39-36(26-15-9-6-10-16-26)40-35(31)25-13-7-5-8-14-25/h5-24H,1-4H3. The molecule has 0 radical (unpaired) electrons. The number of benzene rings is 5. The lowest BCUT2D eigenvalue weighted by Gasteiger charge is -2.48. The molecular weight excluding hydrogens is 484 g/mol. The smallest absolute Gasteiger partial charge is 0.160 e. The highest BCUT2D eigenvalue weighted by atomic mass is 14.9. The summed E-state index contributed by atoms with van der Waals surface area (Å²) >= 11 is 0. The SMILES string of the molecule is CC1(C)c2ccccc2-c2ccc(-c3ccc4c(-c5ccccc5)nc(-c5ccccc5)nc4c3)cc2C1(C)C. The second-order valence-electron chi connectivity index (χ2n) is 11.9. The molecule has 2 heteroatoms. The fourth-order valence-electron chi connectivity index (χ4n) is 6.25. The van der Waals surface area contributed by atoms with Crippen LogP contribution in [-0.4, -0.2) is 9.97 Å². The van der Waals surface area contributed by atoms with Crippen LogP contribution in [0.5, 0.6) is 0 Å². The fourth-order valence-corrected chi connectivity index (χ4v) is 6.25. The predicted molar refractivity (Wildman–Crippen MR) is 167 cm³/mol. The Morgan fingerprint density at radius 3 is 1.77 bits per heavy atom. The molecule has 6 aromatic rings. The molecule has 0 fully saturated rings. The van der Waals surface area contributed by atoms with E-state index in [-0.39, 0.29) is 10.8 Å². The van der Waals surface area contributed by atoms with Crippen molar-refractivity contribution in [2.75, 3.05) is 0 Å². The second kappa shape index (κ2) is 8.99. The second-order valence-corrected chi connectivity index (χ2v) is 11.9. The van der Waals surface area contributed by atoms with Crippen molar-refractivity contribution in [3.05, 3.63) is 132 Å². The van der Waals surface area contributed by atoms with E-state index in [1.807, 2.05) is 24.3 Å². The molecule has 0 atom stereocenters. The average Bonchev–Trinajstić information content (AvgIpc) is 3.00. The number of nitrogens with zero attached hydrogens (tertiary/aromatic N) is 2. The molecule has 0 N–H and O–H groups in total. The Morgan fingerprint density at radius 2 is 1.02 bits per heavy atom. The molecule has 1 heterocycles. The minimum atomic E-state index is -0.0350. The third kappa shape index (κ3) is 3.71. The molecule has 0 aliphatic heterocycles. The average molecular weight is 517 g/mol. The van der Waals surface area contributed by atoms with Crippen molar-refractivity contribution in [1.29, 1.82) is 0 Å². The summed E-state index contributed by atoms with van der Waals surface area (Å²) in [6.07, 6.45) is 0. The van der Waals surface area contributed by atoms with Crippen LogP contribution in [0.2, 0.25) is 0 Å². The number of hydrogen-bond donors (Lipinski definition) is 0. The zero-order valence-corrected chi connectivity index (χ0v) is 23.4. The Bertz CT molecular complexity index is 1880. The quantitative estimate of drug-likeness (QED) is 0.234. The molecule has 0 saturated heterocycles. The van der Waals surface area contributed by atoms with E-state index >= 15 is 0 Å². The third-order valence-electron chi connectivity index (χ3n) is 9.26. The van der Waals surface area contributed by atoms with Crippen molar-refractivity contribution in [2.24, 2.45) is 0 Å². The summed E-state index contributed by atoms with van der Waals surface area (Å²) < 4.78 is 0. The van der Waals surface area contributed by atoms with Gasteiger partial charge in [-0.15, -0.1) is 0 Å². The van der Waals surface area contributed by atoms with Gasteiger partial charge in [0.05, 0.1) is 11.2 Å². The lowest BCUT2D eigenvalue weighted by molar-refractivity contribution is 0.299. The van der Waals surface area contributed by atoms with Gasteiger partial charge in [0.2, 0.25) is 0 Å². The topological polar surface area (TPSA) is 25.8 Å². The summed E-state index contributed by atoms with van der Waals surface area (Å²) in [4.78, 5) is 10.1. The summed E-state index contributed by atoms with van der Waals surface area (Å²) in [5.41, 5.74) is 11.9. The zero-order valence-electron chi connectivity index (χ0n) is 23.4.